The van der Waals surface area contributed by atoms with E-state index in [-0.39, 0.29) is 0 Å². The SMILES string of the molecule is C1CCC2(CC1)C1CCC(N1)C1(CCCCC1)C1CCC(N1)C1(CCCCC1)C1CCC(N1)C1(CCCCC1)C1CCC2N1. The molecule has 44 heavy (non-hydrogen) atoms. The molecule has 0 radical (unpaired) electrons. The zero-order valence-electron chi connectivity index (χ0n) is 28.4. The van der Waals surface area contributed by atoms with E-state index >= 15 is 0 Å². The van der Waals surface area contributed by atoms with Crippen molar-refractivity contribution < 1.29 is 0 Å². The molecular weight excluding hydrogens is 536 g/mol. The average molecular weight is 605 g/mol. The van der Waals surface area contributed by atoms with Crippen molar-refractivity contribution >= 4 is 0 Å². The molecule has 0 amide bonds. The predicted molar refractivity (Wildman–Crippen MR) is 182 cm³/mol. The molecular formula is C40H68N4. The molecule has 4 heteroatoms. The minimum absolute atomic E-state index is 0.494. The molecule has 9 rings (SSSR count). The van der Waals surface area contributed by atoms with Gasteiger partial charge < -0.3 is 21.3 Å². The zero-order valence-corrected chi connectivity index (χ0v) is 28.4. The Labute approximate surface area is 270 Å². The summed E-state index contributed by atoms with van der Waals surface area (Å²) in [6.07, 6.45) is 41.2. The van der Waals surface area contributed by atoms with Crippen LogP contribution < -0.4 is 21.3 Å². The highest BCUT2D eigenvalue weighted by molar-refractivity contribution is 5.18. The lowest BCUT2D eigenvalue weighted by molar-refractivity contribution is 0.0262. The van der Waals surface area contributed by atoms with Gasteiger partial charge in [-0.3, -0.25) is 0 Å². The van der Waals surface area contributed by atoms with Crippen molar-refractivity contribution in [2.45, 2.75) is 228 Å². The number of fused-ring (bicyclic) bond motifs is 16. The van der Waals surface area contributed by atoms with Crippen LogP contribution in [0.25, 0.3) is 0 Å². The van der Waals surface area contributed by atoms with Crippen molar-refractivity contribution in [3.63, 3.8) is 0 Å². The molecule has 8 unspecified atom stereocenters. The Balaban J connectivity index is 1.12. The summed E-state index contributed by atoms with van der Waals surface area (Å²) in [6.45, 7) is 0. The molecule has 4 nitrogen and oxygen atoms in total. The zero-order chi connectivity index (χ0) is 29.2. The third kappa shape index (κ3) is 4.55. The highest BCUT2D eigenvalue weighted by Gasteiger charge is 2.61. The first kappa shape index (κ1) is 29.9. The average Bonchev–Trinajstić information content (AvgIpc) is 3.93. The van der Waals surface area contributed by atoms with E-state index in [9.17, 15) is 0 Å². The van der Waals surface area contributed by atoms with Gasteiger partial charge in [0.1, 0.15) is 0 Å². The van der Waals surface area contributed by atoms with Crippen molar-refractivity contribution in [2.24, 2.45) is 21.7 Å². The quantitative estimate of drug-likeness (QED) is 0.225. The van der Waals surface area contributed by atoms with Gasteiger partial charge in [-0.15, -0.1) is 0 Å². The lowest BCUT2D eigenvalue weighted by Crippen LogP contribution is -2.64. The van der Waals surface area contributed by atoms with Gasteiger partial charge in [0.15, 0.2) is 0 Å². The van der Waals surface area contributed by atoms with Gasteiger partial charge in [-0.1, -0.05) is 77.0 Å². The summed E-state index contributed by atoms with van der Waals surface area (Å²) in [6, 6.07) is 5.96. The molecule has 4 saturated carbocycles. The van der Waals surface area contributed by atoms with Gasteiger partial charge in [-0.2, -0.15) is 0 Å². The Hall–Kier alpha value is -0.160. The van der Waals surface area contributed by atoms with E-state index in [1.165, 1.54) is 180 Å². The summed E-state index contributed by atoms with van der Waals surface area (Å²) >= 11 is 0. The fourth-order valence-corrected chi connectivity index (χ4v) is 15.2. The van der Waals surface area contributed by atoms with Crippen LogP contribution in [0.1, 0.15) is 180 Å². The maximum Gasteiger partial charge on any atom is 0.0142 e. The van der Waals surface area contributed by atoms with E-state index in [0.717, 1.165) is 48.3 Å². The van der Waals surface area contributed by atoms with E-state index in [1.807, 2.05) is 0 Å². The van der Waals surface area contributed by atoms with E-state index in [4.69, 9.17) is 0 Å². The Morgan fingerprint density at radius 1 is 0.227 bits per heavy atom. The lowest BCUT2D eigenvalue weighted by atomic mass is 9.63. The third-order valence-corrected chi connectivity index (χ3v) is 17.3. The second kappa shape index (κ2) is 11.8. The maximum absolute atomic E-state index is 4.64. The minimum Gasteiger partial charge on any atom is -0.310 e. The predicted octanol–water partition coefficient (Wildman–Crippen LogP) is 8.28. The van der Waals surface area contributed by atoms with E-state index in [0.29, 0.717) is 21.7 Å². The largest absolute Gasteiger partial charge is 0.310 e. The van der Waals surface area contributed by atoms with Gasteiger partial charge in [-0.25, -0.2) is 0 Å². The second-order valence-corrected chi connectivity index (χ2v) is 18.6. The Bertz CT molecular complexity index is 791. The molecule has 0 aromatic heterocycles. The van der Waals surface area contributed by atoms with Gasteiger partial charge in [0.05, 0.1) is 0 Å². The van der Waals surface area contributed by atoms with Gasteiger partial charge in [0, 0.05) is 70.0 Å². The highest BCUT2D eigenvalue weighted by Crippen LogP contribution is 2.58. The summed E-state index contributed by atoms with van der Waals surface area (Å²) in [7, 11) is 0. The van der Waals surface area contributed by atoms with Crippen molar-refractivity contribution in [1.29, 1.82) is 0 Å². The summed E-state index contributed by atoms with van der Waals surface area (Å²) in [5.41, 5.74) is 1.98. The molecule has 4 N–H and O–H groups in total. The number of nitrogens with one attached hydrogen (secondary N) is 4. The molecule has 5 aliphatic heterocycles. The van der Waals surface area contributed by atoms with Crippen LogP contribution in [-0.4, -0.2) is 48.3 Å². The van der Waals surface area contributed by atoms with Crippen LogP contribution in [0, 0.1) is 21.7 Å². The van der Waals surface area contributed by atoms with Crippen LogP contribution in [0.2, 0.25) is 0 Å². The molecule has 0 aromatic rings. The van der Waals surface area contributed by atoms with Gasteiger partial charge in [-0.05, 0) is 103 Å². The first-order valence-corrected chi connectivity index (χ1v) is 20.7. The first-order chi connectivity index (χ1) is 21.7. The summed E-state index contributed by atoms with van der Waals surface area (Å²) in [4.78, 5) is 0. The highest BCUT2D eigenvalue weighted by atomic mass is 15.1. The van der Waals surface area contributed by atoms with Crippen molar-refractivity contribution in [3.05, 3.63) is 0 Å². The maximum atomic E-state index is 4.64. The standard InChI is InChI=1S/C40H68N4/c1-5-21-37(22-6-1)29-13-15-31(41-29)38(23-7-2-8-24-38)33-17-19-35(43-33)40(27-11-4-12-28-40)36-20-18-34(44-36)39(25-9-3-10-26-39)32-16-14-30(37)42-32/h29-36,41-44H,1-28H2. The number of hydrogen-bond donors (Lipinski definition) is 4. The van der Waals surface area contributed by atoms with Crippen LogP contribution in [0.4, 0.5) is 0 Å². The number of rotatable bonds is 0. The van der Waals surface area contributed by atoms with E-state index in [2.05, 4.69) is 21.3 Å². The molecule has 9 aliphatic rings. The van der Waals surface area contributed by atoms with Crippen LogP contribution in [0.15, 0.2) is 0 Å². The topological polar surface area (TPSA) is 48.1 Å². The van der Waals surface area contributed by atoms with E-state index in [1.54, 1.807) is 0 Å². The lowest BCUT2D eigenvalue weighted by Gasteiger charge is -2.53. The van der Waals surface area contributed by atoms with Gasteiger partial charge >= 0.3 is 0 Å². The third-order valence-electron chi connectivity index (χ3n) is 17.3. The van der Waals surface area contributed by atoms with Gasteiger partial charge in [0.25, 0.3) is 0 Å². The fraction of sp³-hybridized carbons (Fsp3) is 1.00. The van der Waals surface area contributed by atoms with Crippen LogP contribution in [-0.2, 0) is 0 Å². The number of hydrogen-bond acceptors (Lipinski definition) is 4. The second-order valence-electron chi connectivity index (χ2n) is 18.6. The van der Waals surface area contributed by atoms with Crippen molar-refractivity contribution in [3.8, 4) is 0 Å². The molecule has 8 bridgehead atoms. The molecule has 4 aliphatic carbocycles. The summed E-state index contributed by atoms with van der Waals surface area (Å²) < 4.78 is 0. The molecule has 5 heterocycles. The van der Waals surface area contributed by atoms with Crippen LogP contribution >= 0.6 is 0 Å². The van der Waals surface area contributed by atoms with E-state index < -0.39 is 0 Å². The summed E-state index contributed by atoms with van der Waals surface area (Å²) in [5.74, 6) is 0. The minimum atomic E-state index is 0.494. The fourth-order valence-electron chi connectivity index (χ4n) is 15.2. The Morgan fingerprint density at radius 2 is 0.386 bits per heavy atom. The summed E-state index contributed by atoms with van der Waals surface area (Å²) in [5, 5.41) is 18.6. The molecule has 248 valence electrons. The van der Waals surface area contributed by atoms with Crippen LogP contribution in [0.5, 0.6) is 0 Å². The first-order valence-electron chi connectivity index (χ1n) is 20.7. The monoisotopic (exact) mass is 605 g/mol. The molecule has 8 atom stereocenters. The normalized spacial score (nSPS) is 45.8. The van der Waals surface area contributed by atoms with Crippen molar-refractivity contribution in [2.75, 3.05) is 0 Å². The Kier molecular flexibility index (Phi) is 8.01. The Morgan fingerprint density at radius 3 is 0.545 bits per heavy atom. The van der Waals surface area contributed by atoms with Gasteiger partial charge in [0.2, 0.25) is 0 Å². The molecule has 9 fully saturated rings. The van der Waals surface area contributed by atoms with Crippen molar-refractivity contribution in [1.82, 2.24) is 21.3 Å². The molecule has 4 spiro atoms. The molecule has 5 saturated heterocycles. The molecule has 0 aromatic carbocycles. The smallest absolute Gasteiger partial charge is 0.0142 e. The van der Waals surface area contributed by atoms with Crippen LogP contribution in [0.3, 0.4) is 0 Å².